The molecule has 2 rings (SSSR count). The first kappa shape index (κ1) is 14.8. The van der Waals surface area contributed by atoms with Crippen LogP contribution in [0, 0.1) is 5.92 Å². The molecule has 20 heavy (non-hydrogen) atoms. The summed E-state index contributed by atoms with van der Waals surface area (Å²) in [4.78, 5) is 23.8. The van der Waals surface area contributed by atoms with Crippen molar-refractivity contribution >= 4 is 11.9 Å². The van der Waals surface area contributed by atoms with Crippen LogP contribution in [0.3, 0.4) is 0 Å². The molecular weight excluding hydrogens is 264 g/mol. The number of carbonyl (C=O) groups is 2. The molecule has 0 saturated carbocycles. The van der Waals surface area contributed by atoms with Crippen molar-refractivity contribution in [1.82, 2.24) is 0 Å². The lowest BCUT2D eigenvalue weighted by Crippen LogP contribution is -2.43. The Morgan fingerprint density at radius 3 is 2.20 bits per heavy atom. The molecule has 0 aromatic carbocycles. The van der Waals surface area contributed by atoms with Crippen LogP contribution in [0.2, 0.25) is 0 Å². The van der Waals surface area contributed by atoms with E-state index in [9.17, 15) is 14.7 Å². The summed E-state index contributed by atoms with van der Waals surface area (Å²) in [5, 5.41) is 10.3. The van der Waals surface area contributed by atoms with Gasteiger partial charge in [-0.3, -0.25) is 0 Å². The van der Waals surface area contributed by atoms with Crippen molar-refractivity contribution < 1.29 is 28.9 Å². The van der Waals surface area contributed by atoms with Crippen LogP contribution in [-0.4, -0.2) is 35.0 Å². The molecule has 112 valence electrons. The summed E-state index contributed by atoms with van der Waals surface area (Å²) in [5.74, 6) is -3.55. The van der Waals surface area contributed by atoms with Gasteiger partial charge in [0.2, 0.25) is 0 Å². The third-order valence-corrected chi connectivity index (χ3v) is 3.43. The van der Waals surface area contributed by atoms with Crippen LogP contribution in [-0.2, 0) is 23.8 Å². The first-order valence-corrected chi connectivity index (χ1v) is 6.65. The first-order valence-electron chi connectivity index (χ1n) is 6.65. The molecule has 0 radical (unpaired) electrons. The van der Waals surface area contributed by atoms with Crippen LogP contribution in [0.5, 0.6) is 0 Å². The van der Waals surface area contributed by atoms with Gasteiger partial charge >= 0.3 is 11.9 Å². The number of carbonyl (C=O) groups excluding carboxylic acids is 2. The molecule has 0 bridgehead atoms. The van der Waals surface area contributed by atoms with Crippen LogP contribution in [0.4, 0.5) is 0 Å². The fraction of sp³-hybridized carbons (Fsp3) is 0.714. The fourth-order valence-corrected chi connectivity index (χ4v) is 2.53. The highest BCUT2D eigenvalue weighted by molar-refractivity contribution is 6.15. The van der Waals surface area contributed by atoms with Gasteiger partial charge in [-0.25, -0.2) is 9.59 Å². The van der Waals surface area contributed by atoms with Crippen molar-refractivity contribution in [1.29, 1.82) is 0 Å². The van der Waals surface area contributed by atoms with Crippen molar-refractivity contribution in [3.05, 3.63) is 11.3 Å². The summed E-state index contributed by atoms with van der Waals surface area (Å²) >= 11 is 0. The molecule has 2 aliphatic rings. The molecule has 2 heterocycles. The van der Waals surface area contributed by atoms with Gasteiger partial charge < -0.3 is 19.3 Å². The minimum atomic E-state index is -1.30. The van der Waals surface area contributed by atoms with E-state index in [4.69, 9.17) is 14.2 Å². The van der Waals surface area contributed by atoms with Gasteiger partial charge in [-0.1, -0.05) is 0 Å². The Kier molecular flexibility index (Phi) is 3.54. The normalized spacial score (nSPS) is 28.6. The number of aliphatic hydroxyl groups is 1. The Bertz CT molecular complexity index is 452. The maximum absolute atomic E-state index is 11.9. The molecule has 2 saturated heterocycles. The van der Waals surface area contributed by atoms with E-state index in [-0.39, 0.29) is 11.7 Å². The molecule has 1 atom stereocenters. The summed E-state index contributed by atoms with van der Waals surface area (Å²) in [6, 6.07) is 0. The molecule has 6 heteroatoms. The Labute approximate surface area is 117 Å². The molecule has 0 aliphatic carbocycles. The van der Waals surface area contributed by atoms with Crippen molar-refractivity contribution in [2.24, 2.45) is 5.92 Å². The number of aliphatic hydroxyl groups excluding tert-OH is 1. The lowest BCUT2D eigenvalue weighted by atomic mass is 9.85. The number of hydrogen-bond acceptors (Lipinski definition) is 6. The van der Waals surface area contributed by atoms with E-state index in [1.807, 2.05) is 13.8 Å². The maximum Gasteiger partial charge on any atom is 0.352 e. The van der Waals surface area contributed by atoms with Crippen LogP contribution < -0.4 is 0 Å². The van der Waals surface area contributed by atoms with Crippen molar-refractivity contribution in [3.8, 4) is 0 Å². The molecule has 0 spiro atoms. The van der Waals surface area contributed by atoms with E-state index in [2.05, 4.69) is 0 Å². The monoisotopic (exact) mass is 284 g/mol. The van der Waals surface area contributed by atoms with Gasteiger partial charge in [0.05, 0.1) is 5.60 Å². The van der Waals surface area contributed by atoms with Gasteiger partial charge in [0.1, 0.15) is 5.76 Å². The molecule has 6 nitrogen and oxygen atoms in total. The van der Waals surface area contributed by atoms with Crippen LogP contribution in [0.25, 0.3) is 0 Å². The van der Waals surface area contributed by atoms with Crippen LogP contribution >= 0.6 is 0 Å². The number of allylic oxidation sites excluding steroid dienone is 1. The Balaban J connectivity index is 2.27. The van der Waals surface area contributed by atoms with Crippen molar-refractivity contribution in [2.75, 3.05) is 6.61 Å². The largest absolute Gasteiger partial charge is 0.511 e. The molecule has 2 aliphatic heterocycles. The lowest BCUT2D eigenvalue weighted by molar-refractivity contribution is -0.223. The smallest absolute Gasteiger partial charge is 0.352 e. The lowest BCUT2D eigenvalue weighted by Gasteiger charge is -2.36. The second-order valence-corrected chi connectivity index (χ2v) is 6.24. The third-order valence-electron chi connectivity index (χ3n) is 3.43. The molecule has 0 aromatic rings. The first-order chi connectivity index (χ1) is 9.11. The highest BCUT2D eigenvalue weighted by atomic mass is 16.7. The van der Waals surface area contributed by atoms with E-state index in [0.717, 1.165) is 0 Å². The maximum atomic E-state index is 11.9. The molecule has 1 N–H and O–H groups in total. The minimum Gasteiger partial charge on any atom is -0.511 e. The van der Waals surface area contributed by atoms with Crippen molar-refractivity contribution in [3.63, 3.8) is 0 Å². The number of ether oxygens (including phenoxy) is 3. The summed E-state index contributed by atoms with van der Waals surface area (Å²) in [6.07, 6.45) is 1.06. The molecule has 0 aromatic heterocycles. The molecule has 2 fully saturated rings. The molecule has 0 amide bonds. The Morgan fingerprint density at radius 2 is 1.70 bits per heavy atom. The third kappa shape index (κ3) is 2.95. The molecule has 1 unspecified atom stereocenters. The highest BCUT2D eigenvalue weighted by Crippen LogP contribution is 2.35. The zero-order valence-electron chi connectivity index (χ0n) is 12.2. The van der Waals surface area contributed by atoms with E-state index in [0.29, 0.717) is 19.4 Å². The summed E-state index contributed by atoms with van der Waals surface area (Å²) in [7, 11) is 0. The SMILES string of the molecule is CC1(C)CC(C(O)=C2C(=O)OC(C)(C)OC2=O)CCO1. The second kappa shape index (κ2) is 4.77. The summed E-state index contributed by atoms with van der Waals surface area (Å²) in [6.45, 7) is 7.20. The van der Waals surface area contributed by atoms with Gasteiger partial charge in [0.15, 0.2) is 5.57 Å². The molecular formula is C14H20O6. The quantitative estimate of drug-likeness (QED) is 0.342. The highest BCUT2D eigenvalue weighted by Gasteiger charge is 2.43. The van der Waals surface area contributed by atoms with Gasteiger partial charge in [-0.15, -0.1) is 0 Å². The number of hydrogen-bond donors (Lipinski definition) is 1. The van der Waals surface area contributed by atoms with Crippen LogP contribution in [0.1, 0.15) is 40.5 Å². The summed E-state index contributed by atoms with van der Waals surface area (Å²) in [5.41, 5.74) is -0.800. The number of rotatable bonds is 1. The van der Waals surface area contributed by atoms with Gasteiger partial charge in [-0.05, 0) is 26.7 Å². The van der Waals surface area contributed by atoms with E-state index < -0.39 is 28.9 Å². The van der Waals surface area contributed by atoms with E-state index >= 15 is 0 Å². The van der Waals surface area contributed by atoms with E-state index in [1.165, 1.54) is 13.8 Å². The minimum absolute atomic E-state index is 0.258. The van der Waals surface area contributed by atoms with Gasteiger partial charge in [0, 0.05) is 26.4 Å². The number of cyclic esters (lactones) is 2. The number of esters is 2. The van der Waals surface area contributed by atoms with Crippen LogP contribution in [0.15, 0.2) is 11.3 Å². The fourth-order valence-electron chi connectivity index (χ4n) is 2.53. The van der Waals surface area contributed by atoms with Gasteiger partial charge in [0.25, 0.3) is 5.79 Å². The predicted molar refractivity (Wildman–Crippen MR) is 68.7 cm³/mol. The average molecular weight is 284 g/mol. The zero-order chi connectivity index (χ0) is 15.1. The van der Waals surface area contributed by atoms with E-state index in [1.54, 1.807) is 0 Å². The second-order valence-electron chi connectivity index (χ2n) is 6.24. The van der Waals surface area contributed by atoms with Gasteiger partial charge in [-0.2, -0.15) is 0 Å². The van der Waals surface area contributed by atoms with Crippen molar-refractivity contribution in [2.45, 2.75) is 51.9 Å². The standard InChI is InChI=1S/C14H20O6/c1-13(2)7-8(5-6-18-13)10(15)9-11(16)19-14(3,4)20-12(9)17/h8,15H,5-7H2,1-4H3. The summed E-state index contributed by atoms with van der Waals surface area (Å²) < 4.78 is 15.5. The topological polar surface area (TPSA) is 82.1 Å². The Morgan fingerprint density at radius 1 is 1.15 bits per heavy atom. The zero-order valence-corrected chi connectivity index (χ0v) is 12.2. The average Bonchev–Trinajstić information content (AvgIpc) is 2.24. The Hall–Kier alpha value is -1.56. The predicted octanol–water partition coefficient (Wildman–Crippen LogP) is 1.84.